The van der Waals surface area contributed by atoms with Crippen LogP contribution in [0.2, 0.25) is 0 Å². The lowest BCUT2D eigenvalue weighted by Crippen LogP contribution is -2.17. The van der Waals surface area contributed by atoms with Crippen LogP contribution < -0.4 is 0 Å². The number of hydrogen-bond donors (Lipinski definition) is 0. The molecule has 0 unspecified atom stereocenters. The summed E-state index contributed by atoms with van der Waals surface area (Å²) in [5.41, 5.74) is 4.16. The third-order valence-corrected chi connectivity index (χ3v) is 8.32. The van der Waals surface area contributed by atoms with E-state index in [1.54, 1.807) is 0 Å². The summed E-state index contributed by atoms with van der Waals surface area (Å²) < 4.78 is 0. The van der Waals surface area contributed by atoms with E-state index < -0.39 is 0 Å². The zero-order chi connectivity index (χ0) is 23.6. The first kappa shape index (κ1) is 24.4. The molecule has 0 radical (unpaired) electrons. The quantitative estimate of drug-likeness (QED) is 0.306. The van der Waals surface area contributed by atoms with Gasteiger partial charge in [0.1, 0.15) is 0 Å². The zero-order valence-electron chi connectivity index (χ0n) is 20.6. The second-order valence-corrected chi connectivity index (χ2v) is 10.6. The van der Waals surface area contributed by atoms with E-state index in [-0.39, 0.29) is 0 Å². The molecule has 176 valence electrons. The zero-order valence-corrected chi connectivity index (χ0v) is 20.6. The fourth-order valence-corrected chi connectivity index (χ4v) is 6.03. The molecule has 0 atom stereocenters. The average Bonchev–Trinajstić information content (AvgIpc) is 2.91. The van der Waals surface area contributed by atoms with E-state index in [1.807, 2.05) is 24.3 Å². The third-order valence-electron chi connectivity index (χ3n) is 8.32. The minimum atomic E-state index is 0.673. The van der Waals surface area contributed by atoms with Crippen LogP contribution in [-0.4, -0.2) is 0 Å². The SMILES string of the molecule is C=CCCC1CCC(CCC2CCC(c3ccc(C#Cc4ccc(C#N)cc4)cc3)CC2)CC1. The molecule has 0 saturated heterocycles. The Kier molecular flexibility index (Phi) is 9.04. The summed E-state index contributed by atoms with van der Waals surface area (Å²) in [6, 6.07) is 18.5. The largest absolute Gasteiger partial charge is 0.192 e. The Bertz CT molecular complexity index is 995. The lowest BCUT2D eigenvalue weighted by atomic mass is 9.74. The summed E-state index contributed by atoms with van der Waals surface area (Å²) in [5.74, 6) is 10.1. The lowest BCUT2D eigenvalue weighted by molar-refractivity contribution is 0.225. The van der Waals surface area contributed by atoms with Gasteiger partial charge in [-0.2, -0.15) is 5.26 Å². The Labute approximate surface area is 207 Å². The first-order valence-corrected chi connectivity index (χ1v) is 13.5. The predicted octanol–water partition coefficient (Wildman–Crippen LogP) is 8.78. The minimum absolute atomic E-state index is 0.673. The van der Waals surface area contributed by atoms with Gasteiger partial charge in [0.05, 0.1) is 11.6 Å². The van der Waals surface area contributed by atoms with Gasteiger partial charge < -0.3 is 0 Å². The maximum atomic E-state index is 8.91. The van der Waals surface area contributed by atoms with Gasteiger partial charge in [-0.05, 0) is 104 Å². The maximum absolute atomic E-state index is 8.91. The van der Waals surface area contributed by atoms with Gasteiger partial charge in [0, 0.05) is 11.1 Å². The van der Waals surface area contributed by atoms with Gasteiger partial charge in [0.15, 0.2) is 0 Å². The summed E-state index contributed by atoms with van der Waals surface area (Å²) in [6.07, 6.45) is 18.9. The lowest BCUT2D eigenvalue weighted by Gasteiger charge is -2.32. The standard InChI is InChI=1S/C33H39N/c1-2-3-4-26-5-7-27(8-6-26)9-11-29-17-21-32(22-18-29)33-23-19-30(20-24-33)12-10-28-13-15-31(25-34)16-14-28/h2,13-16,19-20,23-24,26-27,29,32H,1,3-9,11,17-18,21-22H2. The molecule has 34 heavy (non-hydrogen) atoms. The number of allylic oxidation sites excluding steroid dienone is 1. The molecular weight excluding hydrogens is 410 g/mol. The Balaban J connectivity index is 1.18. The summed E-state index contributed by atoms with van der Waals surface area (Å²) in [5, 5.41) is 8.91. The number of nitriles is 1. The Morgan fingerprint density at radius 1 is 0.647 bits per heavy atom. The molecule has 0 aromatic heterocycles. The van der Waals surface area contributed by atoms with E-state index in [2.05, 4.69) is 54.8 Å². The molecule has 1 heteroatoms. The Morgan fingerprint density at radius 2 is 1.09 bits per heavy atom. The predicted molar refractivity (Wildman–Crippen MR) is 142 cm³/mol. The van der Waals surface area contributed by atoms with Crippen LogP contribution in [-0.2, 0) is 0 Å². The molecule has 2 fully saturated rings. The molecule has 0 heterocycles. The van der Waals surface area contributed by atoms with Gasteiger partial charge in [0.2, 0.25) is 0 Å². The van der Waals surface area contributed by atoms with E-state index >= 15 is 0 Å². The van der Waals surface area contributed by atoms with Crippen LogP contribution in [0.15, 0.2) is 61.2 Å². The van der Waals surface area contributed by atoms with Crippen molar-refractivity contribution in [3.63, 3.8) is 0 Å². The monoisotopic (exact) mass is 449 g/mol. The Morgan fingerprint density at radius 3 is 1.59 bits per heavy atom. The van der Waals surface area contributed by atoms with Crippen LogP contribution in [0.3, 0.4) is 0 Å². The third kappa shape index (κ3) is 7.11. The van der Waals surface area contributed by atoms with Gasteiger partial charge in [-0.1, -0.05) is 68.6 Å². The van der Waals surface area contributed by atoms with E-state index in [4.69, 9.17) is 5.26 Å². The van der Waals surface area contributed by atoms with Gasteiger partial charge >= 0.3 is 0 Å². The van der Waals surface area contributed by atoms with E-state index in [0.717, 1.165) is 34.8 Å². The van der Waals surface area contributed by atoms with Crippen molar-refractivity contribution in [1.82, 2.24) is 0 Å². The highest BCUT2D eigenvalue weighted by molar-refractivity contribution is 5.45. The van der Waals surface area contributed by atoms with Gasteiger partial charge in [-0.25, -0.2) is 0 Å². The molecule has 2 aliphatic carbocycles. The van der Waals surface area contributed by atoms with Crippen molar-refractivity contribution in [3.8, 4) is 17.9 Å². The molecule has 0 bridgehead atoms. The van der Waals surface area contributed by atoms with Crippen molar-refractivity contribution in [2.45, 2.75) is 83.0 Å². The fraction of sp³-hybridized carbons (Fsp3) is 0.485. The smallest absolute Gasteiger partial charge is 0.0991 e. The molecule has 2 saturated carbocycles. The highest BCUT2D eigenvalue weighted by Crippen LogP contribution is 2.40. The molecule has 2 aromatic carbocycles. The van der Waals surface area contributed by atoms with Crippen LogP contribution >= 0.6 is 0 Å². The second-order valence-electron chi connectivity index (χ2n) is 10.6. The summed E-state index contributed by atoms with van der Waals surface area (Å²) in [7, 11) is 0. The Hall–Kier alpha value is -2.77. The van der Waals surface area contributed by atoms with Crippen molar-refractivity contribution in [2.75, 3.05) is 0 Å². The van der Waals surface area contributed by atoms with Crippen LogP contribution in [0.5, 0.6) is 0 Å². The number of benzene rings is 2. The first-order chi connectivity index (χ1) is 16.7. The minimum Gasteiger partial charge on any atom is -0.192 e. The topological polar surface area (TPSA) is 23.8 Å². The average molecular weight is 450 g/mol. The molecule has 1 nitrogen and oxygen atoms in total. The first-order valence-electron chi connectivity index (χ1n) is 13.5. The van der Waals surface area contributed by atoms with Crippen LogP contribution in [0, 0.1) is 40.9 Å². The molecule has 0 N–H and O–H groups in total. The number of hydrogen-bond acceptors (Lipinski definition) is 1. The van der Waals surface area contributed by atoms with Crippen molar-refractivity contribution in [2.24, 2.45) is 17.8 Å². The molecule has 0 amide bonds. The normalized spacial score (nSPS) is 24.4. The van der Waals surface area contributed by atoms with E-state index in [0.29, 0.717) is 5.56 Å². The van der Waals surface area contributed by atoms with E-state index in [1.165, 1.54) is 82.6 Å². The van der Waals surface area contributed by atoms with Gasteiger partial charge in [-0.3, -0.25) is 0 Å². The number of nitrogens with zero attached hydrogens (tertiary/aromatic N) is 1. The summed E-state index contributed by atoms with van der Waals surface area (Å²) in [6.45, 7) is 3.88. The molecular formula is C33H39N. The van der Waals surface area contributed by atoms with Crippen LogP contribution in [0.4, 0.5) is 0 Å². The molecule has 2 aromatic rings. The summed E-state index contributed by atoms with van der Waals surface area (Å²) >= 11 is 0. The van der Waals surface area contributed by atoms with Crippen molar-refractivity contribution < 1.29 is 0 Å². The molecule has 0 aliphatic heterocycles. The van der Waals surface area contributed by atoms with Crippen molar-refractivity contribution in [3.05, 3.63) is 83.4 Å². The van der Waals surface area contributed by atoms with Crippen molar-refractivity contribution >= 4 is 0 Å². The van der Waals surface area contributed by atoms with Crippen LogP contribution in [0.1, 0.15) is 105 Å². The van der Waals surface area contributed by atoms with Crippen LogP contribution in [0.25, 0.3) is 0 Å². The molecule has 0 spiro atoms. The van der Waals surface area contributed by atoms with Gasteiger partial charge in [0.25, 0.3) is 0 Å². The fourth-order valence-electron chi connectivity index (χ4n) is 6.03. The highest BCUT2D eigenvalue weighted by atomic mass is 14.3. The number of rotatable bonds is 7. The molecule has 4 rings (SSSR count). The van der Waals surface area contributed by atoms with Crippen molar-refractivity contribution in [1.29, 1.82) is 5.26 Å². The second kappa shape index (κ2) is 12.6. The maximum Gasteiger partial charge on any atom is 0.0991 e. The highest BCUT2D eigenvalue weighted by Gasteiger charge is 2.25. The summed E-state index contributed by atoms with van der Waals surface area (Å²) in [4.78, 5) is 0. The van der Waals surface area contributed by atoms with Gasteiger partial charge in [-0.15, -0.1) is 6.58 Å². The van der Waals surface area contributed by atoms with E-state index in [9.17, 15) is 0 Å². The molecule has 2 aliphatic rings.